The summed E-state index contributed by atoms with van der Waals surface area (Å²) in [7, 11) is 0. The van der Waals surface area contributed by atoms with E-state index in [-0.39, 0.29) is 23.8 Å². The molecule has 0 bridgehead atoms. The van der Waals surface area contributed by atoms with Gasteiger partial charge in [-0.3, -0.25) is 9.59 Å². The molecule has 3 rings (SSSR count). The number of carbonyl (C=O) groups excluding carboxylic acids is 2. The van der Waals surface area contributed by atoms with Gasteiger partial charge in [0.1, 0.15) is 12.4 Å². The number of benzene rings is 2. The lowest BCUT2D eigenvalue weighted by atomic mass is 9.92. The Kier molecular flexibility index (Phi) is 7.92. The van der Waals surface area contributed by atoms with Crippen molar-refractivity contribution in [1.82, 2.24) is 14.7 Å². The maximum Gasteiger partial charge on any atom is 0.254 e. The van der Waals surface area contributed by atoms with E-state index in [1.54, 1.807) is 9.58 Å². The van der Waals surface area contributed by atoms with Crippen molar-refractivity contribution in [3.05, 3.63) is 77.0 Å². The van der Waals surface area contributed by atoms with E-state index in [1.165, 1.54) is 0 Å². The maximum atomic E-state index is 13.2. The molecule has 0 unspecified atom stereocenters. The Bertz CT molecular complexity index is 1160. The smallest absolute Gasteiger partial charge is 0.254 e. The molecule has 180 valence electrons. The molecule has 0 saturated heterocycles. The van der Waals surface area contributed by atoms with E-state index in [0.717, 1.165) is 35.3 Å². The number of aromatic nitrogens is 2. The summed E-state index contributed by atoms with van der Waals surface area (Å²) in [4.78, 5) is 28.1. The van der Waals surface area contributed by atoms with Crippen molar-refractivity contribution >= 4 is 17.6 Å². The Labute approximate surface area is 203 Å². The summed E-state index contributed by atoms with van der Waals surface area (Å²) in [5.41, 5.74) is 4.22. The molecule has 2 aromatic carbocycles. The zero-order valence-electron chi connectivity index (χ0n) is 21.2. The summed E-state index contributed by atoms with van der Waals surface area (Å²) in [6.07, 6.45) is 1.77. The highest BCUT2D eigenvalue weighted by molar-refractivity contribution is 6.00. The Balaban J connectivity index is 1.87. The monoisotopic (exact) mass is 460 g/mol. The quantitative estimate of drug-likeness (QED) is 0.471. The van der Waals surface area contributed by atoms with E-state index in [9.17, 15) is 9.59 Å². The molecule has 1 aromatic heterocycles. The van der Waals surface area contributed by atoms with E-state index in [1.807, 2.05) is 68.4 Å². The molecule has 0 aliphatic heterocycles. The molecule has 0 aliphatic rings. The lowest BCUT2D eigenvalue weighted by Crippen LogP contribution is -2.39. The summed E-state index contributed by atoms with van der Waals surface area (Å²) in [6.45, 7) is 12.8. The highest BCUT2D eigenvalue weighted by atomic mass is 16.2. The number of nitrogens with one attached hydrogen (secondary N) is 1. The summed E-state index contributed by atoms with van der Waals surface area (Å²) >= 11 is 0. The molecular formula is C28H36N4O2. The summed E-state index contributed by atoms with van der Waals surface area (Å²) < 4.78 is 1.77. The van der Waals surface area contributed by atoms with Crippen LogP contribution in [0.4, 0.5) is 5.82 Å². The zero-order chi connectivity index (χ0) is 24.9. The SMILES string of the molecule is CCCCN(CC(=O)Nc1cc(C(C)(C)C)nn1-c1cccc(C)c1)C(=O)c1ccccc1C. The number of anilines is 1. The molecule has 0 spiro atoms. The summed E-state index contributed by atoms with van der Waals surface area (Å²) in [5.74, 6) is 0.232. The first-order valence-corrected chi connectivity index (χ1v) is 11.9. The largest absolute Gasteiger partial charge is 0.329 e. The lowest BCUT2D eigenvalue weighted by Gasteiger charge is -2.23. The molecule has 0 saturated carbocycles. The van der Waals surface area contributed by atoms with Gasteiger partial charge in [0.15, 0.2) is 0 Å². The minimum Gasteiger partial charge on any atom is -0.329 e. The minimum atomic E-state index is -0.243. The number of rotatable bonds is 8. The maximum absolute atomic E-state index is 13.2. The van der Waals surface area contributed by atoms with Crippen LogP contribution in [0.3, 0.4) is 0 Å². The molecule has 0 fully saturated rings. The Morgan fingerprint density at radius 2 is 1.76 bits per heavy atom. The average molecular weight is 461 g/mol. The fraction of sp³-hybridized carbons (Fsp3) is 0.393. The lowest BCUT2D eigenvalue weighted by molar-refractivity contribution is -0.117. The van der Waals surface area contributed by atoms with Crippen molar-refractivity contribution < 1.29 is 9.59 Å². The Morgan fingerprint density at radius 3 is 2.41 bits per heavy atom. The van der Waals surface area contributed by atoms with Crippen LogP contribution in [0.1, 0.15) is 67.7 Å². The van der Waals surface area contributed by atoms with Gasteiger partial charge >= 0.3 is 0 Å². The molecule has 6 nitrogen and oxygen atoms in total. The first kappa shape index (κ1) is 25.2. The molecular weight excluding hydrogens is 424 g/mol. The van der Waals surface area contributed by atoms with Gasteiger partial charge in [0.2, 0.25) is 5.91 Å². The van der Waals surface area contributed by atoms with Crippen LogP contribution < -0.4 is 5.32 Å². The van der Waals surface area contributed by atoms with E-state index >= 15 is 0 Å². The molecule has 1 heterocycles. The third kappa shape index (κ3) is 6.13. The second kappa shape index (κ2) is 10.7. The van der Waals surface area contributed by atoms with Crippen LogP contribution in [0.2, 0.25) is 0 Å². The molecule has 1 N–H and O–H groups in total. The number of carbonyl (C=O) groups is 2. The van der Waals surface area contributed by atoms with Gasteiger partial charge in [-0.1, -0.05) is 64.4 Å². The normalized spacial score (nSPS) is 11.4. The minimum absolute atomic E-state index is 0.0168. The van der Waals surface area contributed by atoms with Crippen molar-refractivity contribution in [3.63, 3.8) is 0 Å². The summed E-state index contributed by atoms with van der Waals surface area (Å²) in [5, 5.41) is 7.81. The van der Waals surface area contributed by atoms with E-state index in [2.05, 4.69) is 33.0 Å². The van der Waals surface area contributed by atoms with Crippen molar-refractivity contribution in [2.24, 2.45) is 0 Å². The highest BCUT2D eigenvalue weighted by Crippen LogP contribution is 2.26. The third-order valence-corrected chi connectivity index (χ3v) is 5.77. The first-order valence-electron chi connectivity index (χ1n) is 11.9. The fourth-order valence-electron chi connectivity index (χ4n) is 3.73. The van der Waals surface area contributed by atoms with Gasteiger partial charge in [-0.2, -0.15) is 5.10 Å². The fourth-order valence-corrected chi connectivity index (χ4v) is 3.73. The predicted octanol–water partition coefficient (Wildman–Crippen LogP) is 5.67. The number of hydrogen-bond donors (Lipinski definition) is 1. The molecule has 34 heavy (non-hydrogen) atoms. The zero-order valence-corrected chi connectivity index (χ0v) is 21.2. The van der Waals surface area contributed by atoms with E-state index < -0.39 is 0 Å². The molecule has 0 atom stereocenters. The van der Waals surface area contributed by atoms with Crippen LogP contribution in [0.25, 0.3) is 5.69 Å². The molecule has 0 radical (unpaired) electrons. The molecule has 3 aromatic rings. The van der Waals surface area contributed by atoms with Crippen molar-refractivity contribution in [1.29, 1.82) is 0 Å². The van der Waals surface area contributed by atoms with Crippen LogP contribution in [0.15, 0.2) is 54.6 Å². The van der Waals surface area contributed by atoms with Crippen LogP contribution in [0.5, 0.6) is 0 Å². The molecule has 6 heteroatoms. The van der Waals surface area contributed by atoms with Crippen LogP contribution in [0, 0.1) is 13.8 Å². The van der Waals surface area contributed by atoms with Crippen LogP contribution in [-0.4, -0.2) is 39.6 Å². The number of amides is 2. The van der Waals surface area contributed by atoms with Crippen molar-refractivity contribution in [2.75, 3.05) is 18.4 Å². The van der Waals surface area contributed by atoms with Crippen molar-refractivity contribution in [3.8, 4) is 5.69 Å². The van der Waals surface area contributed by atoms with Gasteiger partial charge < -0.3 is 10.2 Å². The molecule has 0 aliphatic carbocycles. The number of nitrogens with zero attached hydrogens (tertiary/aromatic N) is 3. The van der Waals surface area contributed by atoms with E-state index in [0.29, 0.717) is 17.9 Å². The third-order valence-electron chi connectivity index (χ3n) is 5.77. The van der Waals surface area contributed by atoms with Gasteiger partial charge in [0, 0.05) is 23.6 Å². The number of hydrogen-bond acceptors (Lipinski definition) is 3. The number of aryl methyl sites for hydroxylation is 2. The highest BCUT2D eigenvalue weighted by Gasteiger charge is 2.24. The second-order valence-electron chi connectivity index (χ2n) is 9.86. The van der Waals surface area contributed by atoms with Gasteiger partial charge in [-0.15, -0.1) is 0 Å². The Morgan fingerprint density at radius 1 is 1.03 bits per heavy atom. The van der Waals surface area contributed by atoms with Crippen LogP contribution in [-0.2, 0) is 10.2 Å². The Hall–Kier alpha value is -3.41. The molecule has 2 amide bonds. The van der Waals surface area contributed by atoms with Gasteiger partial charge in [-0.25, -0.2) is 4.68 Å². The predicted molar refractivity (Wildman–Crippen MR) is 138 cm³/mol. The average Bonchev–Trinajstić information content (AvgIpc) is 3.20. The second-order valence-corrected chi connectivity index (χ2v) is 9.86. The summed E-state index contributed by atoms with van der Waals surface area (Å²) in [6, 6.07) is 17.4. The van der Waals surface area contributed by atoms with Gasteiger partial charge in [0.25, 0.3) is 5.91 Å². The van der Waals surface area contributed by atoms with E-state index in [4.69, 9.17) is 5.10 Å². The van der Waals surface area contributed by atoms with Crippen molar-refractivity contribution in [2.45, 2.75) is 59.8 Å². The van der Waals surface area contributed by atoms with Gasteiger partial charge in [-0.05, 0) is 49.6 Å². The first-order chi connectivity index (χ1) is 16.1. The number of unbranched alkanes of at least 4 members (excludes halogenated alkanes) is 1. The van der Waals surface area contributed by atoms with Crippen LogP contribution >= 0.6 is 0 Å². The standard InChI is InChI=1S/C28H36N4O2/c1-7-8-16-31(27(34)23-15-10-9-13-21(23)3)19-26(33)29-25-18-24(28(4,5)6)30-32(25)22-14-11-12-20(2)17-22/h9-15,17-18H,7-8,16,19H2,1-6H3,(H,29,33). The van der Waals surface area contributed by atoms with Gasteiger partial charge in [0.05, 0.1) is 11.4 Å². The topological polar surface area (TPSA) is 67.2 Å².